The van der Waals surface area contributed by atoms with E-state index in [1.807, 2.05) is 58.0 Å². The third-order valence-electron chi connectivity index (χ3n) is 6.29. The summed E-state index contributed by atoms with van der Waals surface area (Å²) < 4.78 is 38.9. The van der Waals surface area contributed by atoms with Gasteiger partial charge in [-0.25, -0.2) is 14.0 Å². The predicted octanol–water partition coefficient (Wildman–Crippen LogP) is 4.22. The number of carboxylic acid groups (broad SMARTS) is 1. The number of carbonyl (C=O) groups is 2. The van der Waals surface area contributed by atoms with E-state index in [-0.39, 0.29) is 18.8 Å². The van der Waals surface area contributed by atoms with Crippen molar-refractivity contribution < 1.29 is 37.9 Å². The second-order valence-electron chi connectivity index (χ2n) is 11.1. The largest absolute Gasteiger partial charge is 0.498 e. The van der Waals surface area contributed by atoms with E-state index in [1.54, 1.807) is 26.8 Å². The van der Waals surface area contributed by atoms with Crippen molar-refractivity contribution in [3.05, 3.63) is 59.4 Å². The third kappa shape index (κ3) is 7.23. The molecule has 2 aromatic rings. The summed E-state index contributed by atoms with van der Waals surface area (Å²) in [7, 11) is -0.952. The van der Waals surface area contributed by atoms with Gasteiger partial charge in [-0.15, -0.1) is 0 Å². The average molecular weight is 515 g/mol. The lowest BCUT2D eigenvalue weighted by Gasteiger charge is -2.32. The van der Waals surface area contributed by atoms with Crippen LogP contribution in [0.25, 0.3) is 0 Å². The van der Waals surface area contributed by atoms with Crippen LogP contribution in [0, 0.1) is 5.82 Å². The van der Waals surface area contributed by atoms with Gasteiger partial charge in [0.2, 0.25) is 0 Å². The molecule has 200 valence electrons. The van der Waals surface area contributed by atoms with Crippen molar-refractivity contribution in [2.24, 2.45) is 0 Å². The molecule has 0 saturated carbocycles. The van der Waals surface area contributed by atoms with Crippen LogP contribution in [0.15, 0.2) is 42.5 Å². The van der Waals surface area contributed by atoms with Crippen molar-refractivity contribution >= 4 is 24.6 Å². The lowest BCUT2D eigenvalue weighted by atomic mass is 9.77. The normalized spacial score (nSPS) is 17.2. The molecular formula is C27H35BFNO7. The van der Waals surface area contributed by atoms with Crippen LogP contribution < -0.4 is 15.5 Å². The van der Waals surface area contributed by atoms with Crippen molar-refractivity contribution in [2.45, 2.75) is 84.3 Å². The maximum atomic E-state index is 15.5. The second-order valence-corrected chi connectivity index (χ2v) is 11.1. The molecular weight excluding hydrogens is 480 g/mol. The molecule has 1 saturated heterocycles. The van der Waals surface area contributed by atoms with Crippen LogP contribution in [0.2, 0.25) is 0 Å². The van der Waals surface area contributed by atoms with E-state index in [9.17, 15) is 14.7 Å². The molecule has 0 spiro atoms. The number of carbonyl (C=O) groups excluding carboxylic acids is 1. The molecule has 37 heavy (non-hydrogen) atoms. The number of benzene rings is 2. The highest BCUT2D eigenvalue weighted by molar-refractivity contribution is 6.63. The molecule has 1 aliphatic heterocycles. The molecule has 0 unspecified atom stereocenters. The number of rotatable bonds is 8. The summed E-state index contributed by atoms with van der Waals surface area (Å²) in [6.45, 7) is 12.6. The fourth-order valence-corrected chi connectivity index (χ4v) is 3.70. The molecule has 1 fully saturated rings. The zero-order valence-corrected chi connectivity index (χ0v) is 22.4. The molecule has 1 aliphatic rings. The molecule has 1 amide bonds. The van der Waals surface area contributed by atoms with Crippen LogP contribution in [0.5, 0.6) is 5.75 Å². The molecule has 1 atom stereocenters. The molecule has 3 rings (SSSR count). The van der Waals surface area contributed by atoms with Gasteiger partial charge in [0.05, 0.1) is 11.2 Å². The molecule has 0 bridgehead atoms. The molecule has 0 aliphatic carbocycles. The summed E-state index contributed by atoms with van der Waals surface area (Å²) in [4.78, 5) is 24.1. The van der Waals surface area contributed by atoms with Gasteiger partial charge in [0.1, 0.15) is 18.2 Å². The van der Waals surface area contributed by atoms with Crippen LogP contribution in [0.3, 0.4) is 0 Å². The van der Waals surface area contributed by atoms with Gasteiger partial charge in [-0.05, 0) is 65.7 Å². The van der Waals surface area contributed by atoms with Crippen LogP contribution >= 0.6 is 0 Å². The molecule has 0 radical (unpaired) electrons. The van der Waals surface area contributed by atoms with E-state index < -0.39 is 47.8 Å². The first-order chi connectivity index (χ1) is 17.1. The number of nitrogens with one attached hydrogen (secondary N) is 1. The fraction of sp³-hybridized carbons (Fsp3) is 0.481. The third-order valence-corrected chi connectivity index (χ3v) is 6.29. The van der Waals surface area contributed by atoms with Crippen molar-refractivity contribution in [1.29, 1.82) is 0 Å². The Balaban J connectivity index is 1.93. The van der Waals surface area contributed by atoms with Gasteiger partial charge < -0.3 is 29.2 Å². The molecule has 8 nitrogen and oxygen atoms in total. The van der Waals surface area contributed by atoms with E-state index in [2.05, 4.69) is 5.32 Å². The lowest BCUT2D eigenvalue weighted by Crippen LogP contribution is -2.45. The molecule has 0 aromatic heterocycles. The number of aliphatic carboxylic acids is 1. The Hall–Kier alpha value is -3.11. The number of ether oxygens (including phenoxy) is 2. The lowest BCUT2D eigenvalue weighted by molar-refractivity contribution is -0.139. The number of halogens is 1. The topological polar surface area (TPSA) is 103 Å². The Bertz CT molecular complexity index is 1120. The number of amides is 1. The molecule has 10 heteroatoms. The first kappa shape index (κ1) is 28.5. The summed E-state index contributed by atoms with van der Waals surface area (Å²) in [6, 6.07) is 10.8. The zero-order valence-electron chi connectivity index (χ0n) is 22.4. The van der Waals surface area contributed by atoms with Gasteiger partial charge in [0.25, 0.3) is 0 Å². The quantitative estimate of drug-likeness (QED) is 0.508. The van der Waals surface area contributed by atoms with Gasteiger partial charge in [-0.3, -0.25) is 0 Å². The summed E-state index contributed by atoms with van der Waals surface area (Å²) in [5, 5.41) is 12.0. The van der Waals surface area contributed by atoms with Crippen LogP contribution in [0.4, 0.5) is 9.18 Å². The Labute approximate surface area is 217 Å². The Morgan fingerprint density at radius 2 is 1.65 bits per heavy atom. The number of carboxylic acids is 1. The van der Waals surface area contributed by atoms with Crippen molar-refractivity contribution in [2.75, 3.05) is 0 Å². The Morgan fingerprint density at radius 1 is 1.05 bits per heavy atom. The van der Waals surface area contributed by atoms with Gasteiger partial charge in [0, 0.05) is 11.9 Å². The summed E-state index contributed by atoms with van der Waals surface area (Å²) in [5.74, 6) is -2.02. The van der Waals surface area contributed by atoms with Crippen LogP contribution in [0.1, 0.15) is 59.6 Å². The SMILES string of the molecule is CC(C)(C)OC(=O)N[C@@H](Cc1cc(F)c(OCc2ccccc2)c(B2OC(C)(C)C(C)(C)O2)c1)C(=O)O. The predicted molar refractivity (Wildman–Crippen MR) is 137 cm³/mol. The minimum absolute atomic E-state index is 0.0434. The van der Waals surface area contributed by atoms with Gasteiger partial charge in [0.15, 0.2) is 11.6 Å². The number of hydrogen-bond donors (Lipinski definition) is 2. The Morgan fingerprint density at radius 3 is 2.19 bits per heavy atom. The van der Waals surface area contributed by atoms with Crippen LogP contribution in [-0.2, 0) is 31.9 Å². The number of alkyl carbamates (subject to hydrolysis) is 1. The summed E-state index contributed by atoms with van der Waals surface area (Å²) in [5.41, 5.74) is -0.728. The summed E-state index contributed by atoms with van der Waals surface area (Å²) >= 11 is 0. The van der Waals surface area contributed by atoms with Gasteiger partial charge >= 0.3 is 19.2 Å². The fourth-order valence-electron chi connectivity index (χ4n) is 3.70. The van der Waals surface area contributed by atoms with E-state index in [4.69, 9.17) is 18.8 Å². The molecule has 2 N–H and O–H groups in total. The van der Waals surface area contributed by atoms with Crippen molar-refractivity contribution in [3.63, 3.8) is 0 Å². The highest BCUT2D eigenvalue weighted by Crippen LogP contribution is 2.37. The molecule has 1 heterocycles. The van der Waals surface area contributed by atoms with Crippen molar-refractivity contribution in [1.82, 2.24) is 5.32 Å². The average Bonchev–Trinajstić information content (AvgIpc) is 2.98. The van der Waals surface area contributed by atoms with Gasteiger partial charge in [-0.1, -0.05) is 36.4 Å². The maximum Gasteiger partial charge on any atom is 0.498 e. The Kier molecular flexibility index (Phi) is 8.24. The zero-order chi connectivity index (χ0) is 27.6. The smallest absolute Gasteiger partial charge is 0.486 e. The minimum atomic E-state index is -1.35. The van der Waals surface area contributed by atoms with Crippen LogP contribution in [-0.4, -0.2) is 47.1 Å². The van der Waals surface area contributed by atoms with E-state index in [1.165, 1.54) is 6.07 Å². The van der Waals surface area contributed by atoms with E-state index >= 15 is 4.39 Å². The first-order valence-corrected chi connectivity index (χ1v) is 12.1. The monoisotopic (exact) mass is 515 g/mol. The first-order valence-electron chi connectivity index (χ1n) is 12.1. The van der Waals surface area contributed by atoms with E-state index in [0.29, 0.717) is 11.0 Å². The minimum Gasteiger partial charge on any atom is -0.486 e. The highest BCUT2D eigenvalue weighted by atomic mass is 19.1. The summed E-state index contributed by atoms with van der Waals surface area (Å²) in [6.07, 6.45) is -1.08. The second kappa shape index (κ2) is 10.7. The highest BCUT2D eigenvalue weighted by Gasteiger charge is 2.53. The molecule has 2 aromatic carbocycles. The van der Waals surface area contributed by atoms with Gasteiger partial charge in [-0.2, -0.15) is 0 Å². The standard InChI is InChI=1S/C27H35BFNO7/c1-25(2,3)35-24(33)30-21(23(31)32)15-18-13-19(28-36-26(4,5)27(6,7)37-28)22(20(29)14-18)34-16-17-11-9-8-10-12-17/h8-14,21H,15-16H2,1-7H3,(H,30,33)(H,31,32)/t21-/m0/s1. The van der Waals surface area contributed by atoms with Crippen molar-refractivity contribution in [3.8, 4) is 5.75 Å². The maximum absolute atomic E-state index is 15.5. The number of hydrogen-bond acceptors (Lipinski definition) is 6. The van der Waals surface area contributed by atoms with E-state index in [0.717, 1.165) is 5.56 Å².